The van der Waals surface area contributed by atoms with Crippen molar-refractivity contribution in [1.29, 1.82) is 0 Å². The van der Waals surface area contributed by atoms with Crippen LogP contribution in [0.2, 0.25) is 0 Å². The van der Waals surface area contributed by atoms with Crippen molar-refractivity contribution < 1.29 is 9.31 Å². The molecule has 0 N–H and O–H groups in total. The van der Waals surface area contributed by atoms with E-state index in [1.54, 1.807) is 11.3 Å². The number of thiophene rings is 1. The molecule has 0 atom stereocenters. The average molecular weight is 300 g/mol. The Bertz CT molecular complexity index is 644. The van der Waals surface area contributed by atoms with Gasteiger partial charge in [-0.3, -0.25) is 0 Å². The van der Waals surface area contributed by atoms with Crippen LogP contribution in [0.15, 0.2) is 35.7 Å². The highest BCUT2D eigenvalue weighted by Crippen LogP contribution is 2.37. The summed E-state index contributed by atoms with van der Waals surface area (Å²) in [6.07, 6.45) is 0. The van der Waals surface area contributed by atoms with Crippen LogP contribution in [0, 0.1) is 6.92 Å². The summed E-state index contributed by atoms with van der Waals surface area (Å²) in [5, 5.41) is 2.18. The number of hydrogen-bond donors (Lipinski definition) is 0. The van der Waals surface area contributed by atoms with Crippen molar-refractivity contribution >= 4 is 23.2 Å². The first-order valence-electron chi connectivity index (χ1n) is 7.30. The molecule has 3 rings (SSSR count). The molecule has 2 aromatic rings. The lowest BCUT2D eigenvalue weighted by Crippen LogP contribution is -2.41. The van der Waals surface area contributed by atoms with Gasteiger partial charge in [0.1, 0.15) is 0 Å². The van der Waals surface area contributed by atoms with Gasteiger partial charge in [-0.25, -0.2) is 0 Å². The Morgan fingerprint density at radius 1 is 0.952 bits per heavy atom. The van der Waals surface area contributed by atoms with Crippen molar-refractivity contribution in [2.75, 3.05) is 0 Å². The maximum Gasteiger partial charge on any atom is 0.505 e. The van der Waals surface area contributed by atoms with Gasteiger partial charge in [0.25, 0.3) is 0 Å². The van der Waals surface area contributed by atoms with Gasteiger partial charge in [0, 0.05) is 4.78 Å². The molecule has 21 heavy (non-hydrogen) atoms. The molecule has 1 aromatic heterocycles. The van der Waals surface area contributed by atoms with Gasteiger partial charge in [0.05, 0.1) is 11.2 Å². The lowest BCUT2D eigenvalue weighted by atomic mass is 9.87. The van der Waals surface area contributed by atoms with E-state index < -0.39 is 0 Å². The predicted octanol–water partition coefficient (Wildman–Crippen LogP) is 4.02. The SMILES string of the molecule is Cc1cccc(-c2csc(B3OC(C)(C)C(C)(C)O3)c2)c1. The fourth-order valence-corrected chi connectivity index (χ4v) is 3.28. The zero-order valence-electron chi connectivity index (χ0n) is 13.3. The molecule has 0 saturated carbocycles. The van der Waals surface area contributed by atoms with Crippen molar-refractivity contribution in [3.05, 3.63) is 41.3 Å². The second-order valence-corrected chi connectivity index (χ2v) is 7.64. The number of hydrogen-bond acceptors (Lipinski definition) is 3. The quantitative estimate of drug-likeness (QED) is 0.780. The first-order chi connectivity index (χ1) is 9.78. The van der Waals surface area contributed by atoms with Gasteiger partial charge in [0.2, 0.25) is 0 Å². The van der Waals surface area contributed by atoms with Gasteiger partial charge >= 0.3 is 7.12 Å². The van der Waals surface area contributed by atoms with Crippen molar-refractivity contribution in [2.45, 2.75) is 45.8 Å². The molecule has 4 heteroatoms. The largest absolute Gasteiger partial charge is 0.505 e. The molecule has 0 bridgehead atoms. The van der Waals surface area contributed by atoms with Gasteiger partial charge in [-0.05, 0) is 57.2 Å². The van der Waals surface area contributed by atoms with E-state index in [1.807, 2.05) is 0 Å². The minimum atomic E-state index is -0.287. The maximum atomic E-state index is 6.11. The summed E-state index contributed by atoms with van der Waals surface area (Å²) in [6, 6.07) is 10.7. The van der Waals surface area contributed by atoms with Gasteiger partial charge in [-0.15, -0.1) is 0 Å². The normalized spacial score (nSPS) is 20.0. The molecule has 1 fully saturated rings. The Hall–Kier alpha value is -1.10. The molecule has 110 valence electrons. The molecule has 1 aliphatic heterocycles. The van der Waals surface area contributed by atoms with Crippen LogP contribution >= 0.6 is 11.3 Å². The fourth-order valence-electron chi connectivity index (χ4n) is 2.41. The van der Waals surface area contributed by atoms with Crippen LogP contribution < -0.4 is 4.78 Å². The third-order valence-corrected chi connectivity index (χ3v) is 5.41. The molecule has 0 aliphatic carbocycles. The lowest BCUT2D eigenvalue weighted by Gasteiger charge is -2.32. The number of benzene rings is 1. The monoisotopic (exact) mass is 300 g/mol. The van der Waals surface area contributed by atoms with Crippen LogP contribution in [0.1, 0.15) is 33.3 Å². The van der Waals surface area contributed by atoms with E-state index >= 15 is 0 Å². The molecule has 2 heterocycles. The molecular formula is C17H21BO2S. The predicted molar refractivity (Wildman–Crippen MR) is 90.2 cm³/mol. The number of aryl methyl sites for hydroxylation is 1. The second-order valence-electron chi connectivity index (χ2n) is 6.70. The summed E-state index contributed by atoms with van der Waals surface area (Å²) < 4.78 is 13.4. The number of rotatable bonds is 2. The molecule has 1 aliphatic rings. The standard InChI is InChI=1S/C17H21BO2S/c1-12-7-6-8-13(9-12)14-10-15(21-11-14)18-19-16(2,3)17(4,5)20-18/h6-11H,1-5H3. The maximum absolute atomic E-state index is 6.11. The average Bonchev–Trinajstić information content (AvgIpc) is 2.93. The highest BCUT2D eigenvalue weighted by atomic mass is 32.1. The topological polar surface area (TPSA) is 18.5 Å². The minimum absolute atomic E-state index is 0.265. The Morgan fingerprint density at radius 3 is 2.24 bits per heavy atom. The zero-order valence-corrected chi connectivity index (χ0v) is 14.1. The van der Waals surface area contributed by atoms with Gasteiger partial charge < -0.3 is 9.31 Å². The lowest BCUT2D eigenvalue weighted by molar-refractivity contribution is 0.00578. The first-order valence-corrected chi connectivity index (χ1v) is 8.18. The summed E-state index contributed by atoms with van der Waals surface area (Å²) in [6.45, 7) is 10.5. The summed E-state index contributed by atoms with van der Waals surface area (Å²) >= 11 is 1.70. The van der Waals surface area contributed by atoms with Gasteiger partial charge in [-0.2, -0.15) is 11.3 Å². The third-order valence-electron chi connectivity index (χ3n) is 4.46. The molecule has 1 saturated heterocycles. The van der Waals surface area contributed by atoms with E-state index in [0.29, 0.717) is 0 Å². The summed E-state index contributed by atoms with van der Waals surface area (Å²) in [7, 11) is -0.265. The molecule has 0 radical (unpaired) electrons. The van der Waals surface area contributed by atoms with Crippen LogP contribution in [0.4, 0.5) is 0 Å². The summed E-state index contributed by atoms with van der Waals surface area (Å²) in [4.78, 5) is 0. The third kappa shape index (κ3) is 2.68. The molecule has 2 nitrogen and oxygen atoms in total. The van der Waals surface area contributed by atoms with E-state index in [9.17, 15) is 0 Å². The Labute approximate surface area is 131 Å². The van der Waals surface area contributed by atoms with Gasteiger partial charge in [0.15, 0.2) is 0 Å². The van der Waals surface area contributed by atoms with Gasteiger partial charge in [-0.1, -0.05) is 29.8 Å². The Morgan fingerprint density at radius 2 is 1.62 bits per heavy atom. The van der Waals surface area contributed by atoms with E-state index in [1.165, 1.54) is 16.7 Å². The van der Waals surface area contributed by atoms with Crippen LogP contribution in [0.3, 0.4) is 0 Å². The highest BCUT2D eigenvalue weighted by Gasteiger charge is 2.52. The fraction of sp³-hybridized carbons (Fsp3) is 0.412. The Balaban J connectivity index is 1.87. The van der Waals surface area contributed by atoms with Crippen LogP contribution in [-0.2, 0) is 9.31 Å². The van der Waals surface area contributed by atoms with Crippen LogP contribution in [-0.4, -0.2) is 18.3 Å². The second kappa shape index (κ2) is 4.97. The summed E-state index contributed by atoms with van der Waals surface area (Å²) in [5.41, 5.74) is 3.18. The zero-order chi connectivity index (χ0) is 15.3. The summed E-state index contributed by atoms with van der Waals surface area (Å²) in [5.74, 6) is 0. The van der Waals surface area contributed by atoms with Crippen molar-refractivity contribution in [2.24, 2.45) is 0 Å². The smallest absolute Gasteiger partial charge is 0.399 e. The van der Waals surface area contributed by atoms with E-state index in [0.717, 1.165) is 4.78 Å². The van der Waals surface area contributed by atoms with E-state index in [-0.39, 0.29) is 18.3 Å². The van der Waals surface area contributed by atoms with Crippen molar-refractivity contribution in [3.8, 4) is 11.1 Å². The molecule has 1 aromatic carbocycles. The van der Waals surface area contributed by atoms with E-state index in [2.05, 4.69) is 70.3 Å². The molecule has 0 unspecified atom stereocenters. The molecule has 0 amide bonds. The highest BCUT2D eigenvalue weighted by molar-refractivity contribution is 7.21. The molecular weight excluding hydrogens is 279 g/mol. The van der Waals surface area contributed by atoms with E-state index in [4.69, 9.17) is 9.31 Å². The molecule has 0 spiro atoms. The first kappa shape index (κ1) is 14.8. The minimum Gasteiger partial charge on any atom is -0.399 e. The van der Waals surface area contributed by atoms with Crippen LogP contribution in [0.5, 0.6) is 0 Å². The van der Waals surface area contributed by atoms with Crippen molar-refractivity contribution in [1.82, 2.24) is 0 Å². The Kier molecular flexibility index (Phi) is 3.51. The van der Waals surface area contributed by atoms with Crippen LogP contribution in [0.25, 0.3) is 11.1 Å². The van der Waals surface area contributed by atoms with Crippen molar-refractivity contribution in [3.63, 3.8) is 0 Å².